The summed E-state index contributed by atoms with van der Waals surface area (Å²) in [5.41, 5.74) is -1.80. The van der Waals surface area contributed by atoms with E-state index >= 15 is 0 Å². The Morgan fingerprint density at radius 2 is 2.13 bits per heavy atom. The van der Waals surface area contributed by atoms with Crippen LogP contribution in [0.4, 0.5) is 0 Å². The number of carbonyl (C=O) groups is 1. The molecule has 0 aromatic rings. The molecule has 5 nitrogen and oxygen atoms in total. The molecule has 0 aliphatic heterocycles. The normalized spacial score (nSPS) is 18.1. The quantitative estimate of drug-likeness (QED) is 0.579. The van der Waals surface area contributed by atoms with E-state index in [1.807, 2.05) is 0 Å². The molecule has 0 radical (unpaired) electrons. The molecule has 2 unspecified atom stereocenters. The van der Waals surface area contributed by atoms with E-state index in [1.165, 1.54) is 20.5 Å². The molecule has 0 aromatic carbocycles. The van der Waals surface area contributed by atoms with Gasteiger partial charge in [0.1, 0.15) is 0 Å². The van der Waals surface area contributed by atoms with Crippen LogP contribution < -0.4 is 0 Å². The van der Waals surface area contributed by atoms with Crippen LogP contribution in [0.2, 0.25) is 0 Å². The first-order valence-corrected chi connectivity index (χ1v) is 6.36. The van der Waals surface area contributed by atoms with E-state index in [0.717, 1.165) is 0 Å². The van der Waals surface area contributed by atoms with E-state index in [2.05, 4.69) is 11.8 Å². The molecule has 0 saturated heterocycles. The van der Waals surface area contributed by atoms with Crippen molar-refractivity contribution in [2.75, 3.05) is 13.3 Å². The van der Waals surface area contributed by atoms with E-state index in [9.17, 15) is 9.36 Å². The predicted octanol–water partition coefficient (Wildman–Crippen LogP) is 1.73. The van der Waals surface area contributed by atoms with Crippen LogP contribution in [-0.2, 0) is 18.4 Å². The van der Waals surface area contributed by atoms with Crippen molar-refractivity contribution in [3.05, 3.63) is 0 Å². The summed E-state index contributed by atoms with van der Waals surface area (Å²) in [6.07, 6.45) is 0. The molecule has 1 N–H and O–H groups in total. The third-order valence-electron chi connectivity index (χ3n) is 1.48. The summed E-state index contributed by atoms with van der Waals surface area (Å²) >= 11 is 0. The molecule has 2 atom stereocenters. The number of carboxylic acid groups (broad SMARTS) is 1. The van der Waals surface area contributed by atoms with Gasteiger partial charge in [-0.1, -0.05) is 5.92 Å². The van der Waals surface area contributed by atoms with Crippen molar-refractivity contribution in [1.29, 1.82) is 0 Å². The molecule has 0 aromatic heterocycles. The number of hydrogen-bond donors (Lipinski definition) is 1. The summed E-state index contributed by atoms with van der Waals surface area (Å²) in [5.74, 6) is 3.48. The first kappa shape index (κ1) is 14.2. The maximum Gasteiger partial charge on any atom is 0.348 e. The van der Waals surface area contributed by atoms with Crippen LogP contribution in [0.15, 0.2) is 0 Å². The molecule has 86 valence electrons. The standard InChI is InChI=1S/C9H15O5P/c1-5-7-9(3,8(10)11)14-15(4,12)13-6-2/h6H2,1-4H3,(H,10,11). The zero-order valence-corrected chi connectivity index (χ0v) is 10.1. The smallest absolute Gasteiger partial charge is 0.348 e. The Labute approximate surface area is 89.3 Å². The summed E-state index contributed by atoms with van der Waals surface area (Å²) in [6, 6.07) is 0. The first-order chi connectivity index (χ1) is 6.77. The topological polar surface area (TPSA) is 72.8 Å². The van der Waals surface area contributed by atoms with Gasteiger partial charge in [0.15, 0.2) is 0 Å². The van der Waals surface area contributed by atoms with Gasteiger partial charge in [0.2, 0.25) is 5.60 Å². The highest BCUT2D eigenvalue weighted by atomic mass is 31.2. The summed E-state index contributed by atoms with van der Waals surface area (Å²) in [7, 11) is -3.38. The molecule has 0 amide bonds. The second-order valence-electron chi connectivity index (χ2n) is 2.99. The zero-order chi connectivity index (χ0) is 12.1. The minimum atomic E-state index is -3.38. The van der Waals surface area contributed by atoms with E-state index in [0.29, 0.717) is 0 Å². The molecular weight excluding hydrogens is 219 g/mol. The molecule has 15 heavy (non-hydrogen) atoms. The molecule has 6 heteroatoms. The minimum Gasteiger partial charge on any atom is -0.478 e. The Bertz CT molecular complexity index is 340. The molecule has 0 saturated carbocycles. The monoisotopic (exact) mass is 234 g/mol. The van der Waals surface area contributed by atoms with Gasteiger partial charge in [-0.15, -0.1) is 5.92 Å². The highest BCUT2D eigenvalue weighted by Gasteiger charge is 2.38. The maximum absolute atomic E-state index is 11.6. The maximum atomic E-state index is 11.6. The Balaban J connectivity index is 4.90. The molecule has 0 fully saturated rings. The Kier molecular flexibility index (Phi) is 5.02. The lowest BCUT2D eigenvalue weighted by Crippen LogP contribution is -2.36. The number of carboxylic acids is 1. The molecular formula is C9H15O5P. The summed E-state index contributed by atoms with van der Waals surface area (Å²) < 4.78 is 21.4. The lowest BCUT2D eigenvalue weighted by atomic mass is 10.1. The average Bonchev–Trinajstić information content (AvgIpc) is 2.02. The highest BCUT2D eigenvalue weighted by molar-refractivity contribution is 7.53. The van der Waals surface area contributed by atoms with Crippen molar-refractivity contribution in [1.82, 2.24) is 0 Å². The van der Waals surface area contributed by atoms with Crippen molar-refractivity contribution in [3.8, 4) is 11.8 Å². The van der Waals surface area contributed by atoms with Crippen LogP contribution in [0.5, 0.6) is 0 Å². The van der Waals surface area contributed by atoms with Crippen LogP contribution >= 0.6 is 7.60 Å². The summed E-state index contributed by atoms with van der Waals surface area (Å²) in [5, 5.41) is 8.89. The third-order valence-corrected chi connectivity index (χ3v) is 2.91. The van der Waals surface area contributed by atoms with Gasteiger partial charge >= 0.3 is 13.6 Å². The van der Waals surface area contributed by atoms with Crippen LogP contribution in [-0.4, -0.2) is 29.9 Å². The van der Waals surface area contributed by atoms with Crippen molar-refractivity contribution in [3.63, 3.8) is 0 Å². The first-order valence-electron chi connectivity index (χ1n) is 4.37. The molecule has 0 spiro atoms. The highest BCUT2D eigenvalue weighted by Crippen LogP contribution is 2.47. The summed E-state index contributed by atoms with van der Waals surface area (Å²) in [6.45, 7) is 5.76. The van der Waals surface area contributed by atoms with Crippen molar-refractivity contribution >= 4 is 13.6 Å². The van der Waals surface area contributed by atoms with Gasteiger partial charge in [-0.2, -0.15) is 0 Å². The second kappa shape index (κ2) is 5.32. The van der Waals surface area contributed by atoms with Gasteiger partial charge in [0, 0.05) is 6.66 Å². The van der Waals surface area contributed by atoms with Gasteiger partial charge in [-0.25, -0.2) is 4.79 Å². The van der Waals surface area contributed by atoms with Gasteiger partial charge in [-0.3, -0.25) is 9.09 Å². The SMILES string of the molecule is CC#CC(C)(OP(C)(=O)OCC)C(=O)O. The van der Waals surface area contributed by atoms with Gasteiger partial charge in [0.25, 0.3) is 0 Å². The number of hydrogen-bond acceptors (Lipinski definition) is 4. The largest absolute Gasteiger partial charge is 0.478 e. The molecule has 0 aliphatic carbocycles. The molecule has 0 bridgehead atoms. The lowest BCUT2D eigenvalue weighted by Gasteiger charge is -2.23. The van der Waals surface area contributed by atoms with E-state index < -0.39 is 19.2 Å². The van der Waals surface area contributed by atoms with Gasteiger partial charge in [-0.05, 0) is 20.8 Å². The zero-order valence-electron chi connectivity index (χ0n) is 9.23. The Hall–Kier alpha value is -0.820. The van der Waals surface area contributed by atoms with E-state index in [1.54, 1.807) is 6.92 Å². The van der Waals surface area contributed by atoms with Crippen LogP contribution in [0.25, 0.3) is 0 Å². The second-order valence-corrected chi connectivity index (χ2v) is 4.98. The fourth-order valence-electron chi connectivity index (χ4n) is 0.946. The average molecular weight is 234 g/mol. The van der Waals surface area contributed by atoms with Crippen molar-refractivity contribution in [2.45, 2.75) is 26.4 Å². The Morgan fingerprint density at radius 3 is 2.47 bits per heavy atom. The molecule has 0 rings (SSSR count). The predicted molar refractivity (Wildman–Crippen MR) is 55.7 cm³/mol. The van der Waals surface area contributed by atoms with Crippen LogP contribution in [0, 0.1) is 11.8 Å². The number of aliphatic carboxylic acids is 1. The molecule has 0 heterocycles. The van der Waals surface area contributed by atoms with Crippen LogP contribution in [0.3, 0.4) is 0 Å². The summed E-state index contributed by atoms with van der Waals surface area (Å²) in [4.78, 5) is 10.9. The molecule has 0 aliphatic rings. The number of rotatable bonds is 5. The Morgan fingerprint density at radius 1 is 1.60 bits per heavy atom. The van der Waals surface area contributed by atoms with E-state index in [-0.39, 0.29) is 6.61 Å². The van der Waals surface area contributed by atoms with Crippen molar-refractivity contribution in [2.24, 2.45) is 0 Å². The van der Waals surface area contributed by atoms with Crippen molar-refractivity contribution < 1.29 is 23.5 Å². The lowest BCUT2D eigenvalue weighted by molar-refractivity contribution is -0.149. The minimum absolute atomic E-state index is 0.184. The fraction of sp³-hybridized carbons (Fsp3) is 0.667. The van der Waals surface area contributed by atoms with Gasteiger partial charge < -0.3 is 9.63 Å². The van der Waals surface area contributed by atoms with Gasteiger partial charge in [0.05, 0.1) is 6.61 Å². The fourth-order valence-corrected chi connectivity index (χ4v) is 2.26. The van der Waals surface area contributed by atoms with Crippen LogP contribution in [0.1, 0.15) is 20.8 Å². The third kappa shape index (κ3) is 4.48. The van der Waals surface area contributed by atoms with E-state index in [4.69, 9.17) is 14.2 Å².